The van der Waals surface area contributed by atoms with Gasteiger partial charge in [-0.05, 0) is 27.7 Å². The van der Waals surface area contributed by atoms with E-state index in [-0.39, 0.29) is 11.5 Å². The van der Waals surface area contributed by atoms with Crippen LogP contribution in [-0.2, 0) is 4.74 Å². The number of hydrogen-bond donors (Lipinski definition) is 1. The summed E-state index contributed by atoms with van der Waals surface area (Å²) in [5.41, 5.74) is -1.06. The highest BCUT2D eigenvalue weighted by Gasteiger charge is 2.16. The molecular weight excluding hydrogens is 281 g/mol. The van der Waals surface area contributed by atoms with Crippen molar-refractivity contribution in [3.05, 3.63) is 34.1 Å². The van der Waals surface area contributed by atoms with Gasteiger partial charge in [-0.15, -0.1) is 0 Å². The number of carbonyl (C=O) groups is 1. The molecule has 114 valence electrons. The van der Waals surface area contributed by atoms with Gasteiger partial charge in [0.25, 0.3) is 5.69 Å². The summed E-state index contributed by atoms with van der Waals surface area (Å²) in [6.45, 7) is 6.57. The van der Waals surface area contributed by atoms with E-state index in [9.17, 15) is 19.3 Å². The third-order valence-electron chi connectivity index (χ3n) is 2.06. The number of hydrogen-bond acceptors (Lipinski definition) is 5. The van der Waals surface area contributed by atoms with Gasteiger partial charge in [-0.25, -0.2) is 14.2 Å². The van der Waals surface area contributed by atoms with Crippen molar-refractivity contribution in [3.63, 3.8) is 0 Å². The first-order valence-corrected chi connectivity index (χ1v) is 6.07. The molecule has 0 radical (unpaired) electrons. The number of ether oxygens (including phenoxy) is 1. The van der Waals surface area contributed by atoms with Crippen molar-refractivity contribution in [2.75, 3.05) is 0 Å². The van der Waals surface area contributed by atoms with Crippen molar-refractivity contribution in [3.8, 4) is 0 Å². The van der Waals surface area contributed by atoms with E-state index in [1.165, 1.54) is 6.92 Å². The molecule has 1 aromatic rings. The van der Waals surface area contributed by atoms with Gasteiger partial charge < -0.3 is 4.74 Å². The van der Waals surface area contributed by atoms with Crippen molar-refractivity contribution in [1.29, 1.82) is 0 Å². The molecule has 0 fully saturated rings. The van der Waals surface area contributed by atoms with Gasteiger partial charge in [0.1, 0.15) is 17.3 Å². The molecular formula is C13H16FN3O4. The smallest absolute Gasteiger partial charge is 0.413 e. The number of nitrogens with zero attached hydrogens (tertiary/aromatic N) is 2. The molecule has 0 aliphatic heterocycles. The summed E-state index contributed by atoms with van der Waals surface area (Å²) >= 11 is 0. The van der Waals surface area contributed by atoms with Gasteiger partial charge in [0, 0.05) is 12.1 Å². The Morgan fingerprint density at radius 1 is 1.38 bits per heavy atom. The van der Waals surface area contributed by atoms with Crippen LogP contribution in [-0.4, -0.2) is 22.5 Å². The van der Waals surface area contributed by atoms with Crippen LogP contribution in [0.4, 0.5) is 20.6 Å². The number of nitrogens with one attached hydrogen (secondary N) is 1. The number of amidine groups is 1. The van der Waals surface area contributed by atoms with Gasteiger partial charge in [0.2, 0.25) is 0 Å². The van der Waals surface area contributed by atoms with Crippen LogP contribution >= 0.6 is 0 Å². The molecule has 1 N–H and O–H groups in total. The summed E-state index contributed by atoms with van der Waals surface area (Å²) in [5, 5.41) is 13.0. The monoisotopic (exact) mass is 297 g/mol. The quantitative estimate of drug-likeness (QED) is 0.392. The average molecular weight is 297 g/mol. The van der Waals surface area contributed by atoms with E-state index in [1.54, 1.807) is 20.8 Å². The predicted octanol–water partition coefficient (Wildman–Crippen LogP) is 3.31. The van der Waals surface area contributed by atoms with Crippen LogP contribution in [0.15, 0.2) is 23.2 Å². The molecule has 0 saturated heterocycles. The number of nitro benzene ring substituents is 1. The van der Waals surface area contributed by atoms with Gasteiger partial charge in [-0.3, -0.25) is 15.4 Å². The van der Waals surface area contributed by atoms with Crippen molar-refractivity contribution >= 4 is 23.3 Å². The number of nitro groups is 1. The molecule has 0 unspecified atom stereocenters. The predicted molar refractivity (Wildman–Crippen MR) is 75.2 cm³/mol. The maximum Gasteiger partial charge on any atom is 0.413 e. The molecule has 0 spiro atoms. The molecule has 0 atom stereocenters. The summed E-state index contributed by atoms with van der Waals surface area (Å²) in [6, 6.07) is 2.91. The van der Waals surface area contributed by atoms with E-state index in [0.29, 0.717) is 0 Å². The lowest BCUT2D eigenvalue weighted by molar-refractivity contribution is -0.385. The zero-order valence-corrected chi connectivity index (χ0v) is 12.1. The van der Waals surface area contributed by atoms with E-state index >= 15 is 0 Å². The molecule has 0 saturated carbocycles. The van der Waals surface area contributed by atoms with Crippen LogP contribution in [0.3, 0.4) is 0 Å². The number of halogens is 1. The highest BCUT2D eigenvalue weighted by Crippen LogP contribution is 2.22. The Balaban J connectivity index is 2.87. The minimum Gasteiger partial charge on any atom is -0.444 e. The lowest BCUT2D eigenvalue weighted by atomic mass is 10.2. The van der Waals surface area contributed by atoms with Gasteiger partial charge in [0.15, 0.2) is 0 Å². The van der Waals surface area contributed by atoms with E-state index in [4.69, 9.17) is 4.74 Å². The summed E-state index contributed by atoms with van der Waals surface area (Å²) < 4.78 is 18.3. The fourth-order valence-electron chi connectivity index (χ4n) is 1.40. The molecule has 21 heavy (non-hydrogen) atoms. The van der Waals surface area contributed by atoms with Crippen molar-refractivity contribution < 1.29 is 18.8 Å². The zero-order chi connectivity index (χ0) is 16.2. The Bertz CT molecular complexity index is 594. The zero-order valence-electron chi connectivity index (χ0n) is 12.1. The molecule has 0 aromatic heterocycles. The molecule has 7 nitrogen and oxygen atoms in total. The van der Waals surface area contributed by atoms with Crippen LogP contribution in [0, 0.1) is 15.9 Å². The maximum atomic E-state index is 13.2. The molecule has 0 bridgehead atoms. The first-order valence-electron chi connectivity index (χ1n) is 6.07. The Hall–Kier alpha value is -2.51. The molecule has 0 heterocycles. The second kappa shape index (κ2) is 6.29. The Morgan fingerprint density at radius 3 is 2.52 bits per heavy atom. The number of alkyl carbamates (subject to hydrolysis) is 1. The summed E-state index contributed by atoms with van der Waals surface area (Å²) in [6.07, 6.45) is -0.713. The number of benzene rings is 1. The molecule has 1 aromatic carbocycles. The Kier molecular flexibility index (Phi) is 4.96. The number of aliphatic imine (C=N–C) groups is 1. The largest absolute Gasteiger partial charge is 0.444 e. The fraction of sp³-hybridized carbons (Fsp3) is 0.385. The maximum absolute atomic E-state index is 13.2. The topological polar surface area (TPSA) is 93.8 Å². The van der Waals surface area contributed by atoms with Crippen LogP contribution in [0.1, 0.15) is 27.7 Å². The minimum absolute atomic E-state index is 0.0234. The summed E-state index contributed by atoms with van der Waals surface area (Å²) in [7, 11) is 0. The molecule has 0 aliphatic carbocycles. The molecule has 1 rings (SSSR count). The first kappa shape index (κ1) is 16.5. The normalized spacial score (nSPS) is 12.0. The van der Waals surface area contributed by atoms with Gasteiger partial charge in [-0.2, -0.15) is 0 Å². The summed E-state index contributed by atoms with van der Waals surface area (Å²) in [4.78, 5) is 25.3. The van der Waals surface area contributed by atoms with Gasteiger partial charge >= 0.3 is 6.09 Å². The third-order valence-corrected chi connectivity index (χ3v) is 2.06. The number of non-ortho nitro benzene ring substituents is 1. The van der Waals surface area contributed by atoms with Gasteiger partial charge in [0.05, 0.1) is 16.7 Å². The highest BCUT2D eigenvalue weighted by molar-refractivity contribution is 5.95. The van der Waals surface area contributed by atoms with Crippen LogP contribution in [0.5, 0.6) is 0 Å². The van der Waals surface area contributed by atoms with E-state index in [0.717, 1.165) is 18.2 Å². The van der Waals surface area contributed by atoms with E-state index in [2.05, 4.69) is 10.3 Å². The summed E-state index contributed by atoms with van der Waals surface area (Å²) in [5.74, 6) is -0.655. The Morgan fingerprint density at radius 2 is 2.00 bits per heavy atom. The van der Waals surface area contributed by atoms with Crippen molar-refractivity contribution in [2.45, 2.75) is 33.3 Å². The van der Waals surface area contributed by atoms with Crippen molar-refractivity contribution in [2.24, 2.45) is 4.99 Å². The first-order chi connectivity index (χ1) is 9.56. The second-order valence-electron chi connectivity index (χ2n) is 5.25. The lowest BCUT2D eigenvalue weighted by Crippen LogP contribution is -2.35. The van der Waals surface area contributed by atoms with Gasteiger partial charge in [-0.1, -0.05) is 0 Å². The second-order valence-corrected chi connectivity index (χ2v) is 5.25. The van der Waals surface area contributed by atoms with Crippen molar-refractivity contribution in [1.82, 2.24) is 5.32 Å². The fourth-order valence-corrected chi connectivity index (χ4v) is 1.40. The standard InChI is InChI=1S/C13H16FN3O4/c1-8(16-12(18)21-13(2,3)4)15-10-5-9(14)6-11(7-10)17(19)20/h5-7H,1-4H3,(H,15,16,18). The van der Waals surface area contributed by atoms with Crippen LogP contribution < -0.4 is 5.32 Å². The third kappa shape index (κ3) is 5.98. The SMILES string of the molecule is CC(=Nc1cc(F)cc([N+](=O)[O-])c1)NC(=O)OC(C)(C)C. The van der Waals surface area contributed by atoms with E-state index in [1.807, 2.05) is 0 Å². The molecule has 0 aliphatic rings. The Labute approximate surface area is 121 Å². The molecule has 8 heteroatoms. The number of rotatable bonds is 2. The van der Waals surface area contributed by atoms with E-state index < -0.39 is 28.1 Å². The lowest BCUT2D eigenvalue weighted by Gasteiger charge is -2.19. The minimum atomic E-state index is -0.784. The average Bonchev–Trinajstić information content (AvgIpc) is 2.24. The number of amides is 1. The van der Waals surface area contributed by atoms with Crippen LogP contribution in [0.2, 0.25) is 0 Å². The van der Waals surface area contributed by atoms with Crippen LogP contribution in [0.25, 0.3) is 0 Å². The molecule has 1 amide bonds. The highest BCUT2D eigenvalue weighted by atomic mass is 19.1. The number of carbonyl (C=O) groups excluding carboxylic acids is 1.